The number of hydrogen-bond donors (Lipinski definition) is 0. The fraction of sp³-hybridized carbons (Fsp3) is 0.692. The van der Waals surface area contributed by atoms with Gasteiger partial charge in [-0.2, -0.15) is 4.98 Å². The van der Waals surface area contributed by atoms with Crippen molar-refractivity contribution in [3.8, 4) is 0 Å². The molecule has 0 aliphatic carbocycles. The Bertz CT molecular complexity index is 502. The third-order valence-electron chi connectivity index (χ3n) is 4.13. The normalized spacial score (nSPS) is 26.2. The molecular formula is C13H18N4O3. The molecule has 0 radical (unpaired) electrons. The van der Waals surface area contributed by atoms with E-state index in [4.69, 9.17) is 4.52 Å². The van der Waals surface area contributed by atoms with Crippen LogP contribution in [0.25, 0.3) is 0 Å². The lowest BCUT2D eigenvalue weighted by Crippen LogP contribution is -2.62. The van der Waals surface area contributed by atoms with E-state index < -0.39 is 0 Å². The Morgan fingerprint density at radius 2 is 2.25 bits per heavy atom. The summed E-state index contributed by atoms with van der Waals surface area (Å²) in [6, 6.07) is -0.604. The number of nitrogens with zero attached hydrogens (tertiary/aromatic N) is 4. The SMILES string of the molecule is CCC1C(=O)N2CCCC2C(=O)N1CCc1ncno1. The Balaban J connectivity index is 1.76. The first-order chi connectivity index (χ1) is 9.72. The molecule has 0 saturated carbocycles. The number of rotatable bonds is 4. The van der Waals surface area contributed by atoms with E-state index in [0.717, 1.165) is 12.8 Å². The predicted molar refractivity (Wildman–Crippen MR) is 68.5 cm³/mol. The van der Waals surface area contributed by atoms with Crippen molar-refractivity contribution >= 4 is 11.8 Å². The number of aromatic nitrogens is 2. The molecule has 1 aromatic rings. The lowest BCUT2D eigenvalue weighted by atomic mass is 10.0. The molecule has 0 spiro atoms. The van der Waals surface area contributed by atoms with Gasteiger partial charge in [-0.05, 0) is 19.3 Å². The summed E-state index contributed by atoms with van der Waals surface area (Å²) in [5.74, 6) is 0.641. The van der Waals surface area contributed by atoms with Crippen LogP contribution in [0.4, 0.5) is 0 Å². The van der Waals surface area contributed by atoms with E-state index in [1.165, 1.54) is 6.33 Å². The number of hydrogen-bond acceptors (Lipinski definition) is 5. The van der Waals surface area contributed by atoms with E-state index in [-0.39, 0.29) is 23.9 Å². The molecule has 7 nitrogen and oxygen atoms in total. The minimum Gasteiger partial charge on any atom is -0.340 e. The van der Waals surface area contributed by atoms with Crippen LogP contribution < -0.4 is 0 Å². The van der Waals surface area contributed by atoms with Crippen LogP contribution in [0.15, 0.2) is 10.9 Å². The van der Waals surface area contributed by atoms with Crippen LogP contribution in [-0.2, 0) is 16.0 Å². The van der Waals surface area contributed by atoms with Crippen molar-refractivity contribution in [3.05, 3.63) is 12.2 Å². The van der Waals surface area contributed by atoms with Crippen LogP contribution in [0.1, 0.15) is 32.1 Å². The van der Waals surface area contributed by atoms with Crippen molar-refractivity contribution in [2.24, 2.45) is 0 Å². The zero-order valence-electron chi connectivity index (χ0n) is 11.5. The van der Waals surface area contributed by atoms with E-state index in [1.54, 1.807) is 9.80 Å². The number of fused-ring (bicyclic) bond motifs is 1. The highest BCUT2D eigenvalue weighted by atomic mass is 16.5. The lowest BCUT2D eigenvalue weighted by molar-refractivity contribution is -0.159. The highest BCUT2D eigenvalue weighted by Gasteiger charge is 2.46. The molecule has 2 aliphatic rings. The van der Waals surface area contributed by atoms with Gasteiger partial charge in [-0.25, -0.2) is 0 Å². The first-order valence-electron chi connectivity index (χ1n) is 7.09. The maximum atomic E-state index is 12.5. The molecule has 0 bridgehead atoms. The van der Waals surface area contributed by atoms with Crippen LogP contribution >= 0.6 is 0 Å². The second-order valence-corrected chi connectivity index (χ2v) is 5.23. The molecule has 2 atom stereocenters. The average molecular weight is 278 g/mol. The summed E-state index contributed by atoms with van der Waals surface area (Å²) in [6.45, 7) is 3.10. The molecule has 0 aromatic carbocycles. The van der Waals surface area contributed by atoms with Gasteiger partial charge in [0.15, 0.2) is 6.33 Å². The van der Waals surface area contributed by atoms with Gasteiger partial charge in [0.2, 0.25) is 17.7 Å². The smallest absolute Gasteiger partial charge is 0.246 e. The number of carbonyl (C=O) groups excluding carboxylic acids is 2. The Morgan fingerprint density at radius 3 is 2.95 bits per heavy atom. The van der Waals surface area contributed by atoms with Crippen molar-refractivity contribution in [1.82, 2.24) is 19.9 Å². The van der Waals surface area contributed by atoms with Gasteiger partial charge in [0.25, 0.3) is 0 Å². The van der Waals surface area contributed by atoms with Gasteiger partial charge in [-0.1, -0.05) is 12.1 Å². The predicted octanol–water partition coefficient (Wildman–Crippen LogP) is 0.224. The van der Waals surface area contributed by atoms with Crippen molar-refractivity contribution in [2.75, 3.05) is 13.1 Å². The molecule has 2 amide bonds. The zero-order valence-corrected chi connectivity index (χ0v) is 11.5. The van der Waals surface area contributed by atoms with Gasteiger partial charge in [-0.3, -0.25) is 9.59 Å². The first-order valence-corrected chi connectivity index (χ1v) is 7.09. The maximum Gasteiger partial charge on any atom is 0.246 e. The third-order valence-corrected chi connectivity index (χ3v) is 4.13. The van der Waals surface area contributed by atoms with Crippen LogP contribution in [0.2, 0.25) is 0 Å². The van der Waals surface area contributed by atoms with Crippen LogP contribution in [-0.4, -0.2) is 56.9 Å². The molecule has 2 fully saturated rings. The quantitative estimate of drug-likeness (QED) is 0.787. The second-order valence-electron chi connectivity index (χ2n) is 5.23. The number of carbonyl (C=O) groups is 2. The fourth-order valence-corrected chi connectivity index (χ4v) is 3.14. The molecule has 3 rings (SSSR count). The van der Waals surface area contributed by atoms with E-state index in [2.05, 4.69) is 10.1 Å². The summed E-state index contributed by atoms with van der Waals surface area (Å²) in [7, 11) is 0. The maximum absolute atomic E-state index is 12.5. The van der Waals surface area contributed by atoms with Crippen LogP contribution in [0.3, 0.4) is 0 Å². The molecule has 2 aliphatic heterocycles. The Morgan fingerprint density at radius 1 is 1.40 bits per heavy atom. The standard InChI is InChI=1S/C13H18N4O3/c1-2-9-12(18)16-6-3-4-10(16)13(19)17(9)7-5-11-14-8-15-20-11/h8-10H,2-7H2,1H3. The van der Waals surface area contributed by atoms with E-state index in [9.17, 15) is 9.59 Å². The van der Waals surface area contributed by atoms with E-state index in [0.29, 0.717) is 31.8 Å². The zero-order chi connectivity index (χ0) is 14.1. The van der Waals surface area contributed by atoms with Gasteiger partial charge in [0, 0.05) is 19.5 Å². The van der Waals surface area contributed by atoms with Crippen molar-refractivity contribution in [2.45, 2.75) is 44.7 Å². The third kappa shape index (κ3) is 2.07. The molecule has 7 heteroatoms. The lowest BCUT2D eigenvalue weighted by Gasteiger charge is -2.42. The molecule has 108 valence electrons. The summed E-state index contributed by atoms with van der Waals surface area (Å²) < 4.78 is 4.95. The fourth-order valence-electron chi connectivity index (χ4n) is 3.14. The van der Waals surface area contributed by atoms with Crippen molar-refractivity contribution in [1.29, 1.82) is 0 Å². The summed E-state index contributed by atoms with van der Waals surface area (Å²) in [6.07, 6.45) is 4.16. The van der Waals surface area contributed by atoms with Crippen molar-refractivity contribution in [3.63, 3.8) is 0 Å². The molecule has 2 saturated heterocycles. The van der Waals surface area contributed by atoms with Gasteiger partial charge < -0.3 is 14.3 Å². The highest BCUT2D eigenvalue weighted by Crippen LogP contribution is 2.28. The number of piperazine rings is 1. The summed E-state index contributed by atoms with van der Waals surface area (Å²) >= 11 is 0. The molecular weight excluding hydrogens is 260 g/mol. The molecule has 2 unspecified atom stereocenters. The van der Waals surface area contributed by atoms with Crippen molar-refractivity contribution < 1.29 is 14.1 Å². The summed E-state index contributed by atoms with van der Waals surface area (Å²) in [5, 5.41) is 3.55. The topological polar surface area (TPSA) is 79.5 Å². The average Bonchev–Trinajstić information content (AvgIpc) is 3.11. The molecule has 0 N–H and O–H groups in total. The van der Waals surface area contributed by atoms with Gasteiger partial charge in [0.05, 0.1) is 0 Å². The number of amides is 2. The van der Waals surface area contributed by atoms with Crippen LogP contribution in [0.5, 0.6) is 0 Å². The highest BCUT2D eigenvalue weighted by molar-refractivity contribution is 5.97. The monoisotopic (exact) mass is 278 g/mol. The van der Waals surface area contributed by atoms with Gasteiger partial charge in [0.1, 0.15) is 12.1 Å². The minimum atomic E-state index is -0.347. The Hall–Kier alpha value is -1.92. The molecule has 20 heavy (non-hydrogen) atoms. The Kier molecular flexibility index (Phi) is 3.42. The largest absolute Gasteiger partial charge is 0.340 e. The summed E-state index contributed by atoms with van der Waals surface area (Å²) in [4.78, 5) is 32.4. The van der Waals surface area contributed by atoms with Gasteiger partial charge in [-0.15, -0.1) is 0 Å². The van der Waals surface area contributed by atoms with E-state index >= 15 is 0 Å². The molecule has 1 aromatic heterocycles. The van der Waals surface area contributed by atoms with Crippen LogP contribution in [0, 0.1) is 0 Å². The molecule has 3 heterocycles. The minimum absolute atomic E-state index is 0.0634. The van der Waals surface area contributed by atoms with Gasteiger partial charge >= 0.3 is 0 Å². The Labute approximate surface area is 116 Å². The second kappa shape index (κ2) is 5.22. The van der Waals surface area contributed by atoms with E-state index in [1.807, 2.05) is 6.92 Å². The summed E-state index contributed by atoms with van der Waals surface area (Å²) in [5.41, 5.74) is 0. The first kappa shape index (κ1) is 13.1.